The molecule has 1 atom stereocenters. The van der Waals surface area contributed by atoms with Gasteiger partial charge in [-0.15, -0.1) is 36.6 Å². The number of carbonyl (C=O) groups is 1. The van der Waals surface area contributed by atoms with Crippen molar-refractivity contribution in [3.8, 4) is 11.5 Å². The first kappa shape index (κ1) is 22.4. The zero-order valence-corrected chi connectivity index (χ0v) is 17.9. The largest absolute Gasteiger partial charge is 0.454 e. The second-order valence-electron chi connectivity index (χ2n) is 6.86. The Bertz CT molecular complexity index is 644. The normalized spacial score (nSPS) is 22.5. The minimum atomic E-state index is 0. The first-order chi connectivity index (χ1) is 12.2. The van der Waals surface area contributed by atoms with Crippen LogP contribution in [0.5, 0.6) is 11.5 Å². The van der Waals surface area contributed by atoms with E-state index in [4.69, 9.17) is 9.47 Å². The first-order valence-corrected chi connectivity index (χ1v) is 9.97. The summed E-state index contributed by atoms with van der Waals surface area (Å²) in [6.07, 6.45) is 1.02. The molecule has 1 aromatic rings. The molecule has 9 heteroatoms. The zero-order valence-electron chi connectivity index (χ0n) is 15.5. The van der Waals surface area contributed by atoms with Crippen LogP contribution in [0.3, 0.4) is 0 Å². The number of nitrogens with zero attached hydrogens (tertiary/aromatic N) is 3. The SMILES string of the molecule is CN1CCN(CCCN2C(=O)CSC2c2ccc3c(c2)OCO3)CC1.Cl.Cl. The van der Waals surface area contributed by atoms with Crippen molar-refractivity contribution in [2.75, 3.05) is 58.9 Å². The maximum Gasteiger partial charge on any atom is 0.233 e. The van der Waals surface area contributed by atoms with Crippen LogP contribution < -0.4 is 9.47 Å². The van der Waals surface area contributed by atoms with Crippen molar-refractivity contribution < 1.29 is 14.3 Å². The molecular weight excluding hydrogens is 409 g/mol. The molecule has 4 rings (SSSR count). The van der Waals surface area contributed by atoms with E-state index in [2.05, 4.69) is 22.9 Å². The standard InChI is InChI=1S/C18H25N3O3S.2ClH/c1-19-7-9-20(10-8-19)5-2-6-21-17(22)12-25-18(21)14-3-4-15-16(11-14)24-13-23-15;;/h3-4,11,18H,2,5-10,12-13H2,1H3;2*1H. The summed E-state index contributed by atoms with van der Waals surface area (Å²) in [6, 6.07) is 6.02. The first-order valence-electron chi connectivity index (χ1n) is 8.92. The number of halogens is 2. The highest BCUT2D eigenvalue weighted by Gasteiger charge is 2.33. The van der Waals surface area contributed by atoms with Crippen molar-refractivity contribution in [1.29, 1.82) is 0 Å². The van der Waals surface area contributed by atoms with Gasteiger partial charge in [0.25, 0.3) is 0 Å². The molecule has 0 saturated carbocycles. The molecule has 1 aromatic carbocycles. The third kappa shape index (κ3) is 5.15. The molecule has 27 heavy (non-hydrogen) atoms. The zero-order chi connectivity index (χ0) is 17.2. The average molecular weight is 436 g/mol. The Morgan fingerprint density at radius 2 is 1.81 bits per heavy atom. The van der Waals surface area contributed by atoms with Gasteiger partial charge in [-0.1, -0.05) is 6.07 Å². The molecule has 152 valence electrons. The number of rotatable bonds is 5. The average Bonchev–Trinajstić information content (AvgIpc) is 3.23. The Balaban J connectivity index is 0.00000131. The fourth-order valence-corrected chi connectivity index (χ4v) is 4.78. The molecule has 3 aliphatic rings. The molecule has 2 fully saturated rings. The van der Waals surface area contributed by atoms with E-state index in [9.17, 15) is 4.79 Å². The predicted molar refractivity (Wildman–Crippen MR) is 113 cm³/mol. The Hall–Kier alpha value is -0.860. The fourth-order valence-electron chi connectivity index (χ4n) is 3.57. The Labute approximate surface area is 177 Å². The van der Waals surface area contributed by atoms with E-state index in [-0.39, 0.29) is 42.9 Å². The van der Waals surface area contributed by atoms with Gasteiger partial charge < -0.3 is 24.2 Å². The lowest BCUT2D eigenvalue weighted by Crippen LogP contribution is -2.45. The number of benzene rings is 1. The number of thioether (sulfide) groups is 1. The van der Waals surface area contributed by atoms with Crippen LogP contribution in [0.1, 0.15) is 17.4 Å². The molecular formula is C18H27Cl2N3O3S. The second kappa shape index (κ2) is 10.1. The summed E-state index contributed by atoms with van der Waals surface area (Å²) in [7, 11) is 2.17. The van der Waals surface area contributed by atoms with Crippen LogP contribution in [-0.2, 0) is 4.79 Å². The van der Waals surface area contributed by atoms with E-state index in [1.165, 1.54) is 0 Å². The smallest absolute Gasteiger partial charge is 0.233 e. The van der Waals surface area contributed by atoms with Crippen LogP contribution >= 0.6 is 36.6 Å². The van der Waals surface area contributed by atoms with Crippen LogP contribution in [0, 0.1) is 0 Å². The van der Waals surface area contributed by atoms with Crippen LogP contribution in [0.25, 0.3) is 0 Å². The molecule has 6 nitrogen and oxygen atoms in total. The topological polar surface area (TPSA) is 45.2 Å². The van der Waals surface area contributed by atoms with E-state index in [0.29, 0.717) is 5.75 Å². The highest BCUT2D eigenvalue weighted by Crippen LogP contribution is 2.42. The molecule has 3 aliphatic heterocycles. The number of hydrogen-bond donors (Lipinski definition) is 0. The van der Waals surface area contributed by atoms with Gasteiger partial charge in [0.05, 0.1) is 5.75 Å². The van der Waals surface area contributed by atoms with Gasteiger partial charge in [0.2, 0.25) is 12.7 Å². The number of likely N-dealkylation sites (N-methyl/N-ethyl adjacent to an activating group) is 1. The summed E-state index contributed by atoms with van der Waals surface area (Å²) in [5.74, 6) is 2.38. The number of amides is 1. The summed E-state index contributed by atoms with van der Waals surface area (Å²) < 4.78 is 10.9. The summed E-state index contributed by atoms with van der Waals surface area (Å²) in [6.45, 7) is 6.70. The Morgan fingerprint density at radius 1 is 1.07 bits per heavy atom. The van der Waals surface area contributed by atoms with Crippen molar-refractivity contribution in [1.82, 2.24) is 14.7 Å². The van der Waals surface area contributed by atoms with Crippen molar-refractivity contribution in [2.24, 2.45) is 0 Å². The van der Waals surface area contributed by atoms with E-state index >= 15 is 0 Å². The number of fused-ring (bicyclic) bond motifs is 1. The maximum absolute atomic E-state index is 12.3. The predicted octanol–water partition coefficient (Wildman–Crippen LogP) is 2.47. The highest BCUT2D eigenvalue weighted by molar-refractivity contribution is 8.00. The van der Waals surface area contributed by atoms with Gasteiger partial charge in [0.15, 0.2) is 11.5 Å². The van der Waals surface area contributed by atoms with Gasteiger partial charge in [-0.25, -0.2) is 0 Å². The third-order valence-electron chi connectivity index (χ3n) is 5.12. The van der Waals surface area contributed by atoms with Crippen LogP contribution in [-0.4, -0.2) is 79.5 Å². The van der Waals surface area contributed by atoms with E-state index < -0.39 is 0 Å². The summed E-state index contributed by atoms with van der Waals surface area (Å²) in [4.78, 5) is 19.2. The lowest BCUT2D eigenvalue weighted by Gasteiger charge is -2.33. The molecule has 0 bridgehead atoms. The molecule has 1 amide bonds. The number of hydrogen-bond acceptors (Lipinski definition) is 6. The van der Waals surface area contributed by atoms with Crippen molar-refractivity contribution in [3.63, 3.8) is 0 Å². The van der Waals surface area contributed by atoms with E-state index in [0.717, 1.165) is 62.8 Å². The third-order valence-corrected chi connectivity index (χ3v) is 6.38. The number of ether oxygens (including phenoxy) is 2. The van der Waals surface area contributed by atoms with Gasteiger partial charge in [-0.3, -0.25) is 4.79 Å². The van der Waals surface area contributed by atoms with Crippen molar-refractivity contribution in [3.05, 3.63) is 23.8 Å². The highest BCUT2D eigenvalue weighted by atomic mass is 35.5. The molecule has 0 aromatic heterocycles. The van der Waals surface area contributed by atoms with E-state index in [1.807, 2.05) is 17.0 Å². The molecule has 0 N–H and O–H groups in total. The number of piperazine rings is 1. The van der Waals surface area contributed by atoms with Gasteiger partial charge >= 0.3 is 0 Å². The molecule has 0 spiro atoms. The Kier molecular flexibility index (Phi) is 8.37. The Morgan fingerprint density at radius 3 is 2.59 bits per heavy atom. The van der Waals surface area contributed by atoms with Gasteiger partial charge in [-0.05, 0) is 37.7 Å². The van der Waals surface area contributed by atoms with Crippen molar-refractivity contribution in [2.45, 2.75) is 11.8 Å². The summed E-state index contributed by atoms with van der Waals surface area (Å²) in [5, 5.41) is 0.0921. The lowest BCUT2D eigenvalue weighted by atomic mass is 10.1. The van der Waals surface area contributed by atoms with Crippen LogP contribution in [0.15, 0.2) is 18.2 Å². The van der Waals surface area contributed by atoms with Gasteiger partial charge in [0.1, 0.15) is 5.37 Å². The minimum absolute atomic E-state index is 0. The molecule has 1 unspecified atom stereocenters. The van der Waals surface area contributed by atoms with Gasteiger partial charge in [0, 0.05) is 32.7 Å². The van der Waals surface area contributed by atoms with Gasteiger partial charge in [-0.2, -0.15) is 0 Å². The molecule has 0 aliphatic carbocycles. The summed E-state index contributed by atoms with van der Waals surface area (Å²) >= 11 is 1.70. The minimum Gasteiger partial charge on any atom is -0.454 e. The van der Waals surface area contributed by atoms with Crippen LogP contribution in [0.2, 0.25) is 0 Å². The second-order valence-corrected chi connectivity index (χ2v) is 7.93. The lowest BCUT2D eigenvalue weighted by molar-refractivity contribution is -0.128. The van der Waals surface area contributed by atoms with E-state index in [1.54, 1.807) is 11.8 Å². The maximum atomic E-state index is 12.3. The van der Waals surface area contributed by atoms with Crippen LogP contribution in [0.4, 0.5) is 0 Å². The molecule has 3 heterocycles. The molecule has 2 saturated heterocycles. The fraction of sp³-hybridized carbons (Fsp3) is 0.611. The molecule has 0 radical (unpaired) electrons. The quantitative estimate of drug-likeness (QED) is 0.707. The number of carbonyl (C=O) groups excluding carboxylic acids is 1. The monoisotopic (exact) mass is 435 g/mol. The summed E-state index contributed by atoms with van der Waals surface area (Å²) in [5.41, 5.74) is 1.12. The van der Waals surface area contributed by atoms with Crippen molar-refractivity contribution >= 4 is 42.5 Å².